The molecule has 1 heterocycles. The molecule has 0 amide bonds. The lowest BCUT2D eigenvalue weighted by atomic mass is 9.92. The summed E-state index contributed by atoms with van der Waals surface area (Å²) >= 11 is 3.21. The Morgan fingerprint density at radius 2 is 2.06 bits per heavy atom. The SMILES string of the molecule is Cn1c2c(c3cc(Br)cc(F)c31)CC(F)(F)CC2. The third-order valence-corrected chi connectivity index (χ3v) is 4.06. The fourth-order valence-corrected chi connectivity index (χ4v) is 3.22. The Hall–Kier alpha value is -0.970. The number of hydrogen-bond donors (Lipinski definition) is 0. The number of hydrogen-bond acceptors (Lipinski definition) is 0. The lowest BCUT2D eigenvalue weighted by Gasteiger charge is -2.22. The van der Waals surface area contributed by atoms with Crippen LogP contribution in [0.2, 0.25) is 0 Å². The van der Waals surface area contributed by atoms with E-state index in [-0.39, 0.29) is 18.7 Å². The minimum absolute atomic E-state index is 0.160. The van der Waals surface area contributed by atoms with Crippen LogP contribution in [0.3, 0.4) is 0 Å². The first kappa shape index (κ1) is 12.1. The summed E-state index contributed by atoms with van der Waals surface area (Å²) in [4.78, 5) is 0. The molecule has 0 unspecified atom stereocenters. The molecule has 0 aliphatic heterocycles. The first-order chi connectivity index (χ1) is 8.39. The van der Waals surface area contributed by atoms with Crippen molar-refractivity contribution in [3.63, 3.8) is 0 Å². The van der Waals surface area contributed by atoms with E-state index in [0.717, 1.165) is 5.69 Å². The predicted octanol–water partition coefficient (Wildman–Crippen LogP) is 4.20. The van der Waals surface area contributed by atoms with E-state index in [2.05, 4.69) is 15.9 Å². The summed E-state index contributed by atoms with van der Waals surface area (Å²) in [6.45, 7) is 0. The summed E-state index contributed by atoms with van der Waals surface area (Å²) in [5.41, 5.74) is 1.83. The summed E-state index contributed by atoms with van der Waals surface area (Å²) in [5.74, 6) is -3.06. The van der Waals surface area contributed by atoms with Crippen molar-refractivity contribution < 1.29 is 13.2 Å². The molecule has 18 heavy (non-hydrogen) atoms. The molecule has 0 radical (unpaired) electrons. The summed E-state index contributed by atoms with van der Waals surface area (Å²) < 4.78 is 43.3. The van der Waals surface area contributed by atoms with Crippen LogP contribution in [-0.2, 0) is 19.9 Å². The van der Waals surface area contributed by atoms with E-state index in [1.165, 1.54) is 6.07 Å². The van der Waals surface area contributed by atoms with Crippen molar-refractivity contribution in [1.29, 1.82) is 0 Å². The maximum Gasteiger partial charge on any atom is 0.252 e. The van der Waals surface area contributed by atoms with Crippen LogP contribution in [0.15, 0.2) is 16.6 Å². The van der Waals surface area contributed by atoms with Gasteiger partial charge in [-0.05, 0) is 24.1 Å². The van der Waals surface area contributed by atoms with Crippen LogP contribution >= 0.6 is 15.9 Å². The molecule has 1 aromatic carbocycles. The molecule has 0 saturated heterocycles. The molecule has 96 valence electrons. The number of halogens is 4. The van der Waals surface area contributed by atoms with E-state index in [9.17, 15) is 13.2 Å². The number of alkyl halides is 2. The average molecular weight is 318 g/mol. The molecule has 3 rings (SSSR count). The number of nitrogens with zero attached hydrogens (tertiary/aromatic N) is 1. The van der Waals surface area contributed by atoms with Crippen LogP contribution in [0, 0.1) is 5.82 Å². The Bertz CT molecular complexity index is 645. The van der Waals surface area contributed by atoms with Gasteiger partial charge in [0.1, 0.15) is 5.82 Å². The monoisotopic (exact) mass is 317 g/mol. The standard InChI is InChI=1S/C13H11BrF3N/c1-18-11-2-3-13(16,17)6-9(11)8-4-7(14)5-10(15)12(8)18/h4-5H,2-3,6H2,1H3. The molecule has 1 nitrogen and oxygen atoms in total. The smallest absolute Gasteiger partial charge is 0.252 e. The molecule has 0 atom stereocenters. The van der Waals surface area contributed by atoms with Gasteiger partial charge in [0.15, 0.2) is 0 Å². The van der Waals surface area contributed by atoms with Crippen molar-refractivity contribution in [3.05, 3.63) is 33.7 Å². The van der Waals surface area contributed by atoms with Gasteiger partial charge < -0.3 is 4.57 Å². The molecule has 0 bridgehead atoms. The molecular formula is C13H11BrF3N. The lowest BCUT2D eigenvalue weighted by Crippen LogP contribution is -2.26. The van der Waals surface area contributed by atoms with E-state index < -0.39 is 5.92 Å². The Labute approximate surface area is 111 Å². The topological polar surface area (TPSA) is 4.93 Å². The quantitative estimate of drug-likeness (QED) is 0.686. The third kappa shape index (κ3) is 1.67. The van der Waals surface area contributed by atoms with Crippen molar-refractivity contribution in [2.45, 2.75) is 25.2 Å². The second-order valence-electron chi connectivity index (χ2n) is 4.80. The van der Waals surface area contributed by atoms with Crippen LogP contribution < -0.4 is 0 Å². The third-order valence-electron chi connectivity index (χ3n) is 3.60. The molecule has 0 fully saturated rings. The van der Waals surface area contributed by atoms with Gasteiger partial charge in [0.2, 0.25) is 0 Å². The summed E-state index contributed by atoms with van der Waals surface area (Å²) in [6.07, 6.45) is -0.160. The van der Waals surface area contributed by atoms with Gasteiger partial charge in [-0.3, -0.25) is 0 Å². The number of fused-ring (bicyclic) bond motifs is 3. The first-order valence-corrected chi connectivity index (χ1v) is 6.51. The van der Waals surface area contributed by atoms with Gasteiger partial charge in [-0.1, -0.05) is 15.9 Å². The number of aromatic nitrogens is 1. The Morgan fingerprint density at radius 3 is 2.78 bits per heavy atom. The van der Waals surface area contributed by atoms with E-state index in [1.807, 2.05) is 0 Å². The van der Waals surface area contributed by atoms with Crippen molar-refractivity contribution in [1.82, 2.24) is 4.57 Å². The highest BCUT2D eigenvalue weighted by molar-refractivity contribution is 9.10. The van der Waals surface area contributed by atoms with Crippen LogP contribution in [0.1, 0.15) is 17.7 Å². The highest BCUT2D eigenvalue weighted by Gasteiger charge is 2.37. The molecular weight excluding hydrogens is 307 g/mol. The van der Waals surface area contributed by atoms with E-state index in [0.29, 0.717) is 27.4 Å². The molecule has 0 N–H and O–H groups in total. The molecule has 5 heteroatoms. The van der Waals surface area contributed by atoms with Gasteiger partial charge in [-0.25, -0.2) is 13.2 Å². The van der Waals surface area contributed by atoms with E-state index in [1.54, 1.807) is 17.7 Å². The van der Waals surface area contributed by atoms with Crippen molar-refractivity contribution in [2.24, 2.45) is 7.05 Å². The molecule has 1 aliphatic rings. The Kier molecular flexibility index (Phi) is 2.52. The highest BCUT2D eigenvalue weighted by atomic mass is 79.9. The fraction of sp³-hybridized carbons (Fsp3) is 0.385. The first-order valence-electron chi connectivity index (χ1n) is 5.72. The minimum atomic E-state index is -2.68. The molecule has 0 saturated carbocycles. The van der Waals surface area contributed by atoms with E-state index in [4.69, 9.17) is 0 Å². The van der Waals surface area contributed by atoms with E-state index >= 15 is 0 Å². The highest BCUT2D eigenvalue weighted by Crippen LogP contribution is 2.39. The van der Waals surface area contributed by atoms with Crippen molar-refractivity contribution >= 4 is 26.8 Å². The Morgan fingerprint density at radius 1 is 1.33 bits per heavy atom. The molecule has 0 spiro atoms. The zero-order valence-corrected chi connectivity index (χ0v) is 11.3. The van der Waals surface area contributed by atoms with Gasteiger partial charge in [0, 0.05) is 35.4 Å². The van der Waals surface area contributed by atoms with Crippen LogP contribution in [0.25, 0.3) is 10.9 Å². The maximum absolute atomic E-state index is 13.9. The minimum Gasteiger partial charge on any atom is -0.345 e. The normalized spacial score (nSPS) is 18.1. The summed E-state index contributed by atoms with van der Waals surface area (Å²) in [6, 6.07) is 3.09. The zero-order chi connectivity index (χ0) is 13.1. The average Bonchev–Trinajstić information content (AvgIpc) is 2.50. The van der Waals surface area contributed by atoms with Gasteiger partial charge in [-0.2, -0.15) is 0 Å². The van der Waals surface area contributed by atoms with Crippen LogP contribution in [-0.4, -0.2) is 10.5 Å². The van der Waals surface area contributed by atoms with Gasteiger partial charge in [-0.15, -0.1) is 0 Å². The predicted molar refractivity (Wildman–Crippen MR) is 67.5 cm³/mol. The number of aryl methyl sites for hydroxylation is 1. The Balaban J connectivity index is 2.35. The van der Waals surface area contributed by atoms with Crippen LogP contribution in [0.4, 0.5) is 13.2 Å². The number of rotatable bonds is 0. The molecule has 1 aliphatic carbocycles. The van der Waals surface area contributed by atoms with Crippen molar-refractivity contribution in [3.8, 4) is 0 Å². The number of benzene rings is 1. The van der Waals surface area contributed by atoms with Crippen LogP contribution in [0.5, 0.6) is 0 Å². The van der Waals surface area contributed by atoms with Gasteiger partial charge in [0.05, 0.1) is 5.52 Å². The summed E-state index contributed by atoms with van der Waals surface area (Å²) in [5, 5.41) is 0.596. The molecule has 2 aromatic rings. The second kappa shape index (κ2) is 3.76. The largest absolute Gasteiger partial charge is 0.345 e. The lowest BCUT2D eigenvalue weighted by molar-refractivity contribution is -0.0124. The maximum atomic E-state index is 13.9. The molecule has 1 aromatic heterocycles. The van der Waals surface area contributed by atoms with Crippen molar-refractivity contribution in [2.75, 3.05) is 0 Å². The summed E-state index contributed by atoms with van der Waals surface area (Å²) in [7, 11) is 1.74. The zero-order valence-electron chi connectivity index (χ0n) is 9.74. The second-order valence-corrected chi connectivity index (χ2v) is 5.72. The fourth-order valence-electron chi connectivity index (χ4n) is 2.79. The van der Waals surface area contributed by atoms with Gasteiger partial charge >= 0.3 is 0 Å². The van der Waals surface area contributed by atoms with Gasteiger partial charge in [0.25, 0.3) is 5.92 Å².